The van der Waals surface area contributed by atoms with Crippen molar-refractivity contribution in [2.45, 2.75) is 19.0 Å². The van der Waals surface area contributed by atoms with E-state index in [1.807, 2.05) is 0 Å². The number of nitrogens with zero attached hydrogens (tertiary/aromatic N) is 1. The summed E-state index contributed by atoms with van der Waals surface area (Å²) >= 11 is 11.7. The molecule has 24 heavy (non-hydrogen) atoms. The number of carbonyl (C=O) groups excluding carboxylic acids is 1. The summed E-state index contributed by atoms with van der Waals surface area (Å²) in [7, 11) is 0. The number of likely N-dealkylation sites (tertiary alicyclic amines) is 1. The number of amides is 1. The molecule has 4 nitrogen and oxygen atoms in total. The van der Waals surface area contributed by atoms with Gasteiger partial charge in [0.15, 0.2) is 0 Å². The fourth-order valence-corrected chi connectivity index (χ4v) is 3.07. The van der Waals surface area contributed by atoms with E-state index in [-0.39, 0.29) is 5.02 Å². The molecule has 132 valence electrons. The Balaban J connectivity index is 2.20. The smallest absolute Gasteiger partial charge is 0.394 e. The fraction of sp³-hybridized carbons (Fsp3) is 0.467. The maximum atomic E-state index is 13.0. The van der Waals surface area contributed by atoms with Crippen LogP contribution in [0.15, 0.2) is 18.2 Å². The summed E-state index contributed by atoms with van der Waals surface area (Å²) < 4.78 is 39.0. The highest BCUT2D eigenvalue weighted by atomic mass is 35.5. The van der Waals surface area contributed by atoms with E-state index in [1.165, 1.54) is 19.1 Å². The molecule has 2 rings (SSSR count). The third-order valence-electron chi connectivity index (χ3n) is 4.18. The number of halogens is 5. The molecular weight excluding hydrogens is 370 g/mol. The second-order valence-corrected chi connectivity index (χ2v) is 6.55. The lowest BCUT2D eigenvalue weighted by atomic mass is 9.96. The van der Waals surface area contributed by atoms with Crippen molar-refractivity contribution in [3.8, 4) is 0 Å². The topological polar surface area (TPSA) is 57.6 Å². The van der Waals surface area contributed by atoms with Crippen LogP contribution in [0, 0.1) is 11.8 Å². The average molecular weight is 384 g/mol. The molecule has 1 amide bonds. The molecule has 1 fully saturated rings. The van der Waals surface area contributed by atoms with Crippen molar-refractivity contribution in [2.75, 3.05) is 13.1 Å². The van der Waals surface area contributed by atoms with Crippen LogP contribution in [-0.4, -0.2) is 41.1 Å². The highest BCUT2D eigenvalue weighted by Gasteiger charge is 2.53. The minimum atomic E-state index is -4.68. The molecule has 1 unspecified atom stereocenters. The van der Waals surface area contributed by atoms with Gasteiger partial charge in [-0.1, -0.05) is 29.3 Å². The van der Waals surface area contributed by atoms with Gasteiger partial charge in [-0.05, 0) is 24.6 Å². The van der Waals surface area contributed by atoms with Crippen molar-refractivity contribution in [1.29, 1.82) is 0 Å². The largest absolute Gasteiger partial charge is 0.481 e. The van der Waals surface area contributed by atoms with Gasteiger partial charge < -0.3 is 10.0 Å². The number of carbonyl (C=O) groups is 2. The predicted octanol–water partition coefficient (Wildman–Crippen LogP) is 3.82. The summed E-state index contributed by atoms with van der Waals surface area (Å²) in [6.07, 6.45) is -4.68. The van der Waals surface area contributed by atoms with Crippen molar-refractivity contribution in [2.24, 2.45) is 11.8 Å². The Morgan fingerprint density at radius 2 is 1.88 bits per heavy atom. The number of rotatable bonds is 3. The van der Waals surface area contributed by atoms with Crippen LogP contribution >= 0.6 is 23.2 Å². The number of carboxylic acid groups (broad SMARTS) is 1. The Kier molecular flexibility index (Phi) is 5.34. The van der Waals surface area contributed by atoms with Gasteiger partial charge >= 0.3 is 12.1 Å². The Morgan fingerprint density at radius 3 is 2.33 bits per heavy atom. The molecule has 0 aromatic heterocycles. The van der Waals surface area contributed by atoms with Crippen molar-refractivity contribution in [3.05, 3.63) is 33.8 Å². The average Bonchev–Trinajstić information content (AvgIpc) is 2.94. The third-order valence-corrected chi connectivity index (χ3v) is 4.92. The molecule has 0 spiro atoms. The van der Waals surface area contributed by atoms with Gasteiger partial charge in [-0.15, -0.1) is 0 Å². The standard InChI is InChI=1S/C15H14Cl2F3NO3/c1-7(8-2-3-11(16)12(17)4-8)13(22)21-5-9(14(23)24)10(6-21)15(18,19)20/h2-4,7,9-10H,5-6H2,1H3,(H,23,24)/t7?,9-,10-/m1/s1. The third kappa shape index (κ3) is 3.78. The summed E-state index contributed by atoms with van der Waals surface area (Å²) in [6.45, 7) is 0.396. The molecule has 0 saturated carbocycles. The summed E-state index contributed by atoms with van der Waals surface area (Å²) in [5, 5.41) is 9.52. The van der Waals surface area contributed by atoms with Crippen molar-refractivity contribution in [3.63, 3.8) is 0 Å². The maximum Gasteiger partial charge on any atom is 0.394 e. The normalized spacial score (nSPS) is 22.5. The van der Waals surface area contributed by atoms with E-state index in [9.17, 15) is 22.8 Å². The first kappa shape index (κ1) is 18.9. The van der Waals surface area contributed by atoms with Gasteiger partial charge in [-0.25, -0.2) is 0 Å². The molecule has 1 aromatic carbocycles. The molecule has 1 aliphatic heterocycles. The van der Waals surface area contributed by atoms with Gasteiger partial charge in [0.25, 0.3) is 0 Å². The van der Waals surface area contributed by atoms with E-state index in [0.717, 1.165) is 4.90 Å². The molecule has 1 aromatic rings. The number of hydrogen-bond donors (Lipinski definition) is 1. The van der Waals surface area contributed by atoms with Crippen molar-refractivity contribution >= 4 is 35.1 Å². The van der Waals surface area contributed by atoms with Crippen molar-refractivity contribution in [1.82, 2.24) is 4.90 Å². The Bertz CT molecular complexity index is 666. The van der Waals surface area contributed by atoms with Gasteiger partial charge in [-0.2, -0.15) is 13.2 Å². The lowest BCUT2D eigenvalue weighted by molar-refractivity contribution is -0.188. The lowest BCUT2D eigenvalue weighted by Crippen LogP contribution is -2.34. The first-order valence-electron chi connectivity index (χ1n) is 7.05. The van der Waals surface area contributed by atoms with Gasteiger partial charge in [0.05, 0.1) is 27.8 Å². The second-order valence-electron chi connectivity index (χ2n) is 5.73. The molecule has 3 atom stereocenters. The van der Waals surface area contributed by atoms with Crippen LogP contribution in [0.4, 0.5) is 13.2 Å². The minimum absolute atomic E-state index is 0.229. The first-order chi connectivity index (χ1) is 11.0. The van der Waals surface area contributed by atoms with Gasteiger partial charge in [0.2, 0.25) is 5.91 Å². The van der Waals surface area contributed by atoms with Crippen LogP contribution in [0.3, 0.4) is 0 Å². The minimum Gasteiger partial charge on any atom is -0.481 e. The van der Waals surface area contributed by atoms with Crippen LogP contribution in [0.5, 0.6) is 0 Å². The van der Waals surface area contributed by atoms with Gasteiger partial charge in [0, 0.05) is 13.1 Å². The number of aliphatic carboxylic acids is 1. The van der Waals surface area contributed by atoms with Crippen LogP contribution < -0.4 is 0 Å². The lowest BCUT2D eigenvalue weighted by Gasteiger charge is -2.22. The number of hydrogen-bond acceptors (Lipinski definition) is 2. The highest BCUT2D eigenvalue weighted by Crippen LogP contribution is 2.39. The SMILES string of the molecule is CC(C(=O)N1C[C@@H](C(F)(F)F)[C@H](C(=O)O)C1)c1ccc(Cl)c(Cl)c1. The zero-order valence-corrected chi connectivity index (χ0v) is 14.0. The van der Waals surface area contributed by atoms with Crippen LogP contribution in [0.1, 0.15) is 18.4 Å². The van der Waals surface area contributed by atoms with E-state index < -0.39 is 48.9 Å². The molecule has 1 aliphatic rings. The molecule has 1 N–H and O–H groups in total. The Labute approximate surface area is 146 Å². The summed E-state index contributed by atoms with van der Waals surface area (Å²) in [4.78, 5) is 24.5. The zero-order chi connectivity index (χ0) is 18.2. The molecule has 0 radical (unpaired) electrons. The molecule has 1 heterocycles. The monoisotopic (exact) mass is 383 g/mol. The quantitative estimate of drug-likeness (QED) is 0.862. The summed E-state index contributed by atoms with van der Waals surface area (Å²) in [6, 6.07) is 4.52. The number of carboxylic acids is 1. The van der Waals surface area contributed by atoms with Crippen LogP contribution in [-0.2, 0) is 9.59 Å². The number of benzene rings is 1. The second kappa shape index (κ2) is 6.80. The highest BCUT2D eigenvalue weighted by molar-refractivity contribution is 6.42. The van der Waals surface area contributed by atoms with E-state index in [4.69, 9.17) is 28.3 Å². The first-order valence-corrected chi connectivity index (χ1v) is 7.81. The molecule has 0 aliphatic carbocycles. The fourth-order valence-electron chi connectivity index (χ4n) is 2.76. The van der Waals surface area contributed by atoms with Gasteiger partial charge in [0.1, 0.15) is 0 Å². The molecule has 1 saturated heterocycles. The predicted molar refractivity (Wildman–Crippen MR) is 82.1 cm³/mol. The molecule has 9 heteroatoms. The Hall–Kier alpha value is -1.47. The van der Waals surface area contributed by atoms with Crippen LogP contribution in [0.25, 0.3) is 0 Å². The van der Waals surface area contributed by atoms with E-state index in [1.54, 1.807) is 6.07 Å². The number of alkyl halides is 3. The van der Waals surface area contributed by atoms with E-state index in [0.29, 0.717) is 10.6 Å². The van der Waals surface area contributed by atoms with Crippen molar-refractivity contribution < 1.29 is 27.9 Å². The zero-order valence-electron chi connectivity index (χ0n) is 12.5. The van der Waals surface area contributed by atoms with E-state index >= 15 is 0 Å². The maximum absolute atomic E-state index is 13.0. The van der Waals surface area contributed by atoms with Crippen LogP contribution in [0.2, 0.25) is 10.0 Å². The Morgan fingerprint density at radius 1 is 1.25 bits per heavy atom. The molecular formula is C15H14Cl2F3NO3. The summed E-state index contributed by atoms with van der Waals surface area (Å²) in [5.41, 5.74) is 0.497. The summed E-state index contributed by atoms with van der Waals surface area (Å²) in [5.74, 6) is -6.63. The van der Waals surface area contributed by atoms with E-state index in [2.05, 4.69) is 0 Å². The molecule has 0 bridgehead atoms. The van der Waals surface area contributed by atoms with Gasteiger partial charge in [-0.3, -0.25) is 9.59 Å².